The molecule has 0 amide bonds. The lowest BCUT2D eigenvalue weighted by Gasteiger charge is -2.06. The zero-order chi connectivity index (χ0) is 16.6. The first-order valence-electron chi connectivity index (χ1n) is 7.39. The van der Waals surface area contributed by atoms with Crippen LogP contribution in [-0.4, -0.2) is 27.2 Å². The summed E-state index contributed by atoms with van der Waals surface area (Å²) in [6, 6.07) is 9.35. The fourth-order valence-electron chi connectivity index (χ4n) is 2.68. The summed E-state index contributed by atoms with van der Waals surface area (Å²) in [6.45, 7) is 5.49. The highest BCUT2D eigenvalue weighted by molar-refractivity contribution is 5.97. The quantitative estimate of drug-likeness (QED) is 0.754. The van der Waals surface area contributed by atoms with E-state index in [9.17, 15) is 9.59 Å². The monoisotopic (exact) mass is 311 g/mol. The van der Waals surface area contributed by atoms with Gasteiger partial charge < -0.3 is 4.74 Å². The molecule has 6 heteroatoms. The average Bonchev–Trinajstić information content (AvgIpc) is 2.85. The van der Waals surface area contributed by atoms with Gasteiger partial charge in [0.05, 0.1) is 17.9 Å². The summed E-state index contributed by atoms with van der Waals surface area (Å²) in [7, 11) is 0. The Morgan fingerprint density at radius 2 is 1.96 bits per heavy atom. The number of carbonyl (C=O) groups excluding carboxylic acids is 1. The second-order valence-electron chi connectivity index (χ2n) is 5.23. The van der Waals surface area contributed by atoms with Crippen LogP contribution in [0.25, 0.3) is 16.8 Å². The minimum Gasteiger partial charge on any atom is -0.462 e. The number of hydrogen-bond acceptors (Lipinski definition) is 4. The van der Waals surface area contributed by atoms with Gasteiger partial charge in [0.15, 0.2) is 5.65 Å². The van der Waals surface area contributed by atoms with Gasteiger partial charge in [-0.2, -0.15) is 4.52 Å². The number of benzene rings is 1. The molecule has 0 bridgehead atoms. The van der Waals surface area contributed by atoms with Crippen molar-refractivity contribution < 1.29 is 9.53 Å². The van der Waals surface area contributed by atoms with Crippen LogP contribution in [-0.2, 0) is 4.74 Å². The maximum absolute atomic E-state index is 12.8. The molecule has 0 aliphatic heterocycles. The second-order valence-corrected chi connectivity index (χ2v) is 5.23. The fourth-order valence-corrected chi connectivity index (χ4v) is 2.68. The molecule has 3 rings (SSSR count). The van der Waals surface area contributed by atoms with Crippen LogP contribution in [0, 0.1) is 13.8 Å². The van der Waals surface area contributed by atoms with Crippen LogP contribution >= 0.6 is 0 Å². The van der Waals surface area contributed by atoms with Crippen molar-refractivity contribution in [3.05, 3.63) is 57.6 Å². The van der Waals surface area contributed by atoms with Crippen molar-refractivity contribution >= 4 is 11.6 Å². The molecule has 3 aromatic rings. The zero-order valence-corrected chi connectivity index (χ0v) is 13.2. The summed E-state index contributed by atoms with van der Waals surface area (Å²) in [4.78, 5) is 29.4. The number of nitrogens with zero attached hydrogens (tertiary/aromatic N) is 2. The van der Waals surface area contributed by atoms with Crippen molar-refractivity contribution in [2.75, 3.05) is 6.61 Å². The van der Waals surface area contributed by atoms with E-state index in [1.165, 1.54) is 4.52 Å². The van der Waals surface area contributed by atoms with Crippen LogP contribution in [0.2, 0.25) is 0 Å². The maximum Gasteiger partial charge on any atom is 0.343 e. The Hall–Kier alpha value is -2.89. The third-order valence-electron chi connectivity index (χ3n) is 3.68. The van der Waals surface area contributed by atoms with Crippen molar-refractivity contribution in [2.24, 2.45) is 0 Å². The molecule has 2 aromatic heterocycles. The molecule has 23 heavy (non-hydrogen) atoms. The minimum absolute atomic E-state index is 0.239. The Morgan fingerprint density at radius 1 is 1.26 bits per heavy atom. The number of aryl methyl sites for hydroxylation is 2. The summed E-state index contributed by atoms with van der Waals surface area (Å²) >= 11 is 0. The van der Waals surface area contributed by atoms with Crippen molar-refractivity contribution in [3.63, 3.8) is 0 Å². The lowest BCUT2D eigenvalue weighted by molar-refractivity contribution is 0.0527. The lowest BCUT2D eigenvalue weighted by atomic mass is 10.1. The average molecular weight is 311 g/mol. The van der Waals surface area contributed by atoms with Crippen LogP contribution in [0.1, 0.15) is 28.7 Å². The van der Waals surface area contributed by atoms with Gasteiger partial charge in [0.2, 0.25) is 0 Å². The van der Waals surface area contributed by atoms with Crippen molar-refractivity contribution in [3.8, 4) is 11.1 Å². The number of carbonyl (C=O) groups is 1. The standard InChI is InChI=1S/C17H17N3O3/c1-4-23-17(22)14-11(3)19-20-15(14)18-10(2)13(16(20)21)12-8-6-5-7-9-12/h5-9,19H,4H2,1-3H3. The Labute approximate surface area is 132 Å². The lowest BCUT2D eigenvalue weighted by Crippen LogP contribution is -2.19. The number of fused-ring (bicyclic) bond motifs is 1. The number of H-pyrrole nitrogens is 1. The van der Waals surface area contributed by atoms with E-state index in [1.54, 1.807) is 20.8 Å². The molecule has 118 valence electrons. The van der Waals surface area contributed by atoms with Gasteiger partial charge in [-0.1, -0.05) is 30.3 Å². The number of nitrogens with one attached hydrogen (secondary N) is 1. The number of hydrogen-bond donors (Lipinski definition) is 1. The predicted molar refractivity (Wildman–Crippen MR) is 86.7 cm³/mol. The minimum atomic E-state index is -0.484. The highest BCUT2D eigenvalue weighted by Gasteiger charge is 2.22. The Morgan fingerprint density at radius 3 is 2.61 bits per heavy atom. The second kappa shape index (κ2) is 5.72. The number of rotatable bonds is 3. The van der Waals surface area contributed by atoms with Crippen LogP contribution in [0.4, 0.5) is 0 Å². The highest BCUT2D eigenvalue weighted by Crippen LogP contribution is 2.21. The van der Waals surface area contributed by atoms with Gasteiger partial charge in [-0.3, -0.25) is 9.89 Å². The molecule has 0 fully saturated rings. The van der Waals surface area contributed by atoms with Gasteiger partial charge in [-0.25, -0.2) is 9.78 Å². The Bertz CT molecular complexity index is 939. The van der Waals surface area contributed by atoms with Crippen molar-refractivity contribution in [2.45, 2.75) is 20.8 Å². The first-order chi connectivity index (χ1) is 11.0. The third kappa shape index (κ3) is 2.42. The molecule has 1 N–H and O–H groups in total. The molecular formula is C17H17N3O3. The molecule has 1 aromatic carbocycles. The van der Waals surface area contributed by atoms with E-state index >= 15 is 0 Å². The van der Waals surface area contributed by atoms with Crippen LogP contribution in [0.15, 0.2) is 35.1 Å². The molecule has 0 spiro atoms. The van der Waals surface area contributed by atoms with Gasteiger partial charge in [0.1, 0.15) is 5.56 Å². The van der Waals surface area contributed by atoms with E-state index < -0.39 is 5.97 Å². The van der Waals surface area contributed by atoms with E-state index in [0.29, 0.717) is 28.2 Å². The Balaban J connectivity index is 2.30. The van der Waals surface area contributed by atoms with E-state index in [2.05, 4.69) is 10.1 Å². The summed E-state index contributed by atoms with van der Waals surface area (Å²) in [6.07, 6.45) is 0. The normalized spacial score (nSPS) is 10.9. The molecule has 2 heterocycles. The van der Waals surface area contributed by atoms with Gasteiger partial charge in [0, 0.05) is 5.69 Å². The first-order valence-corrected chi connectivity index (χ1v) is 7.39. The predicted octanol–water partition coefficient (Wildman–Crippen LogP) is 2.48. The molecular weight excluding hydrogens is 294 g/mol. The summed E-state index contributed by atoms with van der Waals surface area (Å²) in [5.41, 5.74) is 2.79. The number of aromatic amines is 1. The Kier molecular flexibility index (Phi) is 3.73. The largest absolute Gasteiger partial charge is 0.462 e. The molecule has 6 nitrogen and oxygen atoms in total. The fraction of sp³-hybridized carbons (Fsp3) is 0.235. The van der Waals surface area contributed by atoms with Gasteiger partial charge >= 0.3 is 5.97 Å². The third-order valence-corrected chi connectivity index (χ3v) is 3.68. The SMILES string of the molecule is CCOC(=O)c1c(C)[nH]n2c(=O)c(-c3ccccc3)c(C)nc12. The van der Waals surface area contributed by atoms with Crippen LogP contribution in [0.5, 0.6) is 0 Å². The van der Waals surface area contributed by atoms with Gasteiger partial charge in [0.25, 0.3) is 5.56 Å². The van der Waals surface area contributed by atoms with E-state index in [-0.39, 0.29) is 12.2 Å². The van der Waals surface area contributed by atoms with Crippen molar-refractivity contribution in [1.29, 1.82) is 0 Å². The maximum atomic E-state index is 12.8. The molecule has 0 aliphatic rings. The van der Waals surface area contributed by atoms with Crippen LogP contribution in [0.3, 0.4) is 0 Å². The zero-order valence-electron chi connectivity index (χ0n) is 13.2. The molecule has 0 saturated carbocycles. The van der Waals surface area contributed by atoms with Gasteiger partial charge in [-0.05, 0) is 26.3 Å². The smallest absolute Gasteiger partial charge is 0.343 e. The molecule has 0 radical (unpaired) electrons. The molecule has 0 aliphatic carbocycles. The molecule has 0 atom stereocenters. The van der Waals surface area contributed by atoms with Gasteiger partial charge in [-0.15, -0.1) is 0 Å². The van der Waals surface area contributed by atoms with Crippen molar-refractivity contribution in [1.82, 2.24) is 14.6 Å². The topological polar surface area (TPSA) is 76.5 Å². The first kappa shape index (κ1) is 15.0. The summed E-state index contributed by atoms with van der Waals surface area (Å²) < 4.78 is 6.36. The van der Waals surface area contributed by atoms with E-state index in [1.807, 2.05) is 30.3 Å². The molecule has 0 saturated heterocycles. The molecule has 0 unspecified atom stereocenters. The number of ether oxygens (including phenoxy) is 1. The summed E-state index contributed by atoms with van der Waals surface area (Å²) in [5, 5.41) is 2.91. The van der Waals surface area contributed by atoms with E-state index in [0.717, 1.165) is 5.56 Å². The van der Waals surface area contributed by atoms with E-state index in [4.69, 9.17) is 4.74 Å². The summed E-state index contributed by atoms with van der Waals surface area (Å²) in [5.74, 6) is -0.484. The van der Waals surface area contributed by atoms with Crippen LogP contribution < -0.4 is 5.56 Å². The number of aromatic nitrogens is 3. The highest BCUT2D eigenvalue weighted by atomic mass is 16.5. The number of esters is 1.